The monoisotopic (exact) mass is 232 g/mol. The van der Waals surface area contributed by atoms with E-state index in [0.29, 0.717) is 12.0 Å². The Hall–Kier alpha value is -1.51. The van der Waals surface area contributed by atoms with Crippen LogP contribution in [0.25, 0.3) is 0 Å². The van der Waals surface area contributed by atoms with Gasteiger partial charge in [-0.05, 0) is 49.9 Å². The van der Waals surface area contributed by atoms with E-state index in [-0.39, 0.29) is 5.91 Å². The van der Waals surface area contributed by atoms with Crippen molar-refractivity contribution < 1.29 is 4.79 Å². The summed E-state index contributed by atoms with van der Waals surface area (Å²) in [4.78, 5) is 14.1. The number of hydrogen-bond donors (Lipinski definition) is 1. The highest BCUT2D eigenvalue weighted by Crippen LogP contribution is 2.35. The molecule has 3 heteroatoms. The maximum Gasteiger partial charge on any atom is 0.253 e. The van der Waals surface area contributed by atoms with E-state index in [1.165, 1.54) is 12.8 Å². The van der Waals surface area contributed by atoms with E-state index in [1.807, 2.05) is 43.3 Å². The Labute approximate surface area is 103 Å². The minimum Gasteiger partial charge on any atom is -0.388 e. The third-order valence-electron chi connectivity index (χ3n) is 3.66. The zero-order valence-corrected chi connectivity index (χ0v) is 10.7. The Morgan fingerprint density at radius 3 is 2.41 bits per heavy atom. The van der Waals surface area contributed by atoms with Crippen LogP contribution in [-0.2, 0) is 0 Å². The van der Waals surface area contributed by atoms with Crippen molar-refractivity contribution in [3.8, 4) is 0 Å². The number of anilines is 1. The van der Waals surface area contributed by atoms with Crippen molar-refractivity contribution in [2.24, 2.45) is 5.92 Å². The van der Waals surface area contributed by atoms with Gasteiger partial charge >= 0.3 is 0 Å². The van der Waals surface area contributed by atoms with Crippen LogP contribution in [0.2, 0.25) is 0 Å². The van der Waals surface area contributed by atoms with Crippen molar-refractivity contribution in [2.75, 3.05) is 19.4 Å². The summed E-state index contributed by atoms with van der Waals surface area (Å²) >= 11 is 0. The molecular weight excluding hydrogens is 212 g/mol. The predicted molar refractivity (Wildman–Crippen MR) is 70.3 cm³/mol. The van der Waals surface area contributed by atoms with Gasteiger partial charge in [0.1, 0.15) is 0 Å². The Bertz CT molecular complexity index is 395. The van der Waals surface area contributed by atoms with Crippen molar-refractivity contribution in [3.05, 3.63) is 29.8 Å². The van der Waals surface area contributed by atoms with Gasteiger partial charge in [-0.15, -0.1) is 0 Å². The fourth-order valence-electron chi connectivity index (χ4n) is 2.06. The van der Waals surface area contributed by atoms with Gasteiger partial charge < -0.3 is 10.2 Å². The molecule has 0 saturated heterocycles. The molecule has 1 aliphatic rings. The Balaban J connectivity index is 2.06. The Morgan fingerprint density at radius 1 is 1.35 bits per heavy atom. The van der Waals surface area contributed by atoms with E-state index in [1.54, 1.807) is 0 Å². The summed E-state index contributed by atoms with van der Waals surface area (Å²) in [6, 6.07) is 7.98. The standard InChI is InChI=1S/C14H20N2O/c1-10(11-4-5-11)16(3)14(17)12-6-8-13(15-2)9-7-12/h6-11,15H,4-5H2,1-3H3. The molecule has 3 nitrogen and oxygen atoms in total. The lowest BCUT2D eigenvalue weighted by Gasteiger charge is -2.25. The average molecular weight is 232 g/mol. The van der Waals surface area contributed by atoms with Crippen LogP contribution in [0.15, 0.2) is 24.3 Å². The van der Waals surface area contributed by atoms with Gasteiger partial charge in [0, 0.05) is 31.4 Å². The SMILES string of the molecule is CNc1ccc(C(=O)N(C)C(C)C2CC2)cc1. The van der Waals surface area contributed by atoms with Crippen LogP contribution in [-0.4, -0.2) is 30.9 Å². The van der Waals surface area contributed by atoms with Crippen molar-refractivity contribution in [3.63, 3.8) is 0 Å². The predicted octanol–water partition coefficient (Wildman–Crippen LogP) is 2.60. The largest absolute Gasteiger partial charge is 0.388 e. The van der Waals surface area contributed by atoms with Gasteiger partial charge in [0.05, 0.1) is 0 Å². The maximum absolute atomic E-state index is 12.2. The molecule has 1 saturated carbocycles. The first kappa shape index (κ1) is 12.0. The first-order chi connectivity index (χ1) is 8.13. The number of benzene rings is 1. The van der Waals surface area contributed by atoms with Crippen LogP contribution in [0.1, 0.15) is 30.1 Å². The highest BCUT2D eigenvalue weighted by molar-refractivity contribution is 5.94. The summed E-state index contributed by atoms with van der Waals surface area (Å²) in [7, 11) is 3.77. The highest BCUT2D eigenvalue weighted by atomic mass is 16.2. The van der Waals surface area contributed by atoms with E-state index < -0.39 is 0 Å². The summed E-state index contributed by atoms with van der Waals surface area (Å²) in [5.74, 6) is 0.826. The third-order valence-corrected chi connectivity index (χ3v) is 3.66. The molecule has 2 rings (SSSR count). The van der Waals surface area contributed by atoms with Crippen LogP contribution < -0.4 is 5.32 Å². The molecule has 1 aromatic rings. The summed E-state index contributed by atoms with van der Waals surface area (Å²) in [5, 5.41) is 3.05. The highest BCUT2D eigenvalue weighted by Gasteiger charge is 2.32. The Kier molecular flexibility index (Phi) is 3.36. The molecule has 1 atom stereocenters. The number of hydrogen-bond acceptors (Lipinski definition) is 2. The zero-order chi connectivity index (χ0) is 12.4. The maximum atomic E-state index is 12.2. The molecule has 1 aromatic carbocycles. The molecule has 1 amide bonds. The van der Waals surface area contributed by atoms with Gasteiger partial charge in [0.25, 0.3) is 5.91 Å². The van der Waals surface area contributed by atoms with Crippen LogP contribution in [0.3, 0.4) is 0 Å². The molecule has 17 heavy (non-hydrogen) atoms. The van der Waals surface area contributed by atoms with Gasteiger partial charge in [-0.1, -0.05) is 0 Å². The normalized spacial score (nSPS) is 16.4. The third kappa shape index (κ3) is 2.60. The molecule has 0 radical (unpaired) electrons. The molecule has 0 aliphatic heterocycles. The molecule has 0 spiro atoms. The van der Waals surface area contributed by atoms with E-state index >= 15 is 0 Å². The molecule has 0 aromatic heterocycles. The second-order valence-electron chi connectivity index (χ2n) is 4.82. The van der Waals surface area contributed by atoms with Crippen LogP contribution in [0, 0.1) is 5.92 Å². The molecule has 92 valence electrons. The molecule has 0 heterocycles. The lowest BCUT2D eigenvalue weighted by Crippen LogP contribution is -2.36. The summed E-state index contributed by atoms with van der Waals surface area (Å²) in [6.45, 7) is 2.14. The molecule has 1 N–H and O–H groups in total. The fraction of sp³-hybridized carbons (Fsp3) is 0.500. The van der Waals surface area contributed by atoms with Crippen molar-refractivity contribution in [1.29, 1.82) is 0 Å². The van der Waals surface area contributed by atoms with Crippen molar-refractivity contribution >= 4 is 11.6 Å². The molecule has 1 unspecified atom stereocenters. The first-order valence-electron chi connectivity index (χ1n) is 6.18. The number of carbonyl (C=O) groups is 1. The number of nitrogens with one attached hydrogen (secondary N) is 1. The lowest BCUT2D eigenvalue weighted by atomic mass is 10.1. The minimum atomic E-state index is 0.118. The minimum absolute atomic E-state index is 0.118. The average Bonchev–Trinajstić information content (AvgIpc) is 3.20. The lowest BCUT2D eigenvalue weighted by molar-refractivity contribution is 0.0727. The molecule has 1 fully saturated rings. The van der Waals surface area contributed by atoms with E-state index in [2.05, 4.69) is 12.2 Å². The second kappa shape index (κ2) is 4.78. The van der Waals surface area contributed by atoms with Crippen LogP contribution >= 0.6 is 0 Å². The molecule has 0 bridgehead atoms. The quantitative estimate of drug-likeness (QED) is 0.865. The topological polar surface area (TPSA) is 32.3 Å². The van der Waals surface area contributed by atoms with Gasteiger partial charge in [0.2, 0.25) is 0 Å². The van der Waals surface area contributed by atoms with Crippen molar-refractivity contribution in [1.82, 2.24) is 4.90 Å². The van der Waals surface area contributed by atoms with Crippen LogP contribution in [0.4, 0.5) is 5.69 Å². The van der Waals surface area contributed by atoms with Crippen molar-refractivity contribution in [2.45, 2.75) is 25.8 Å². The van der Waals surface area contributed by atoms with Crippen LogP contribution in [0.5, 0.6) is 0 Å². The van der Waals surface area contributed by atoms with E-state index in [0.717, 1.165) is 11.3 Å². The molecule has 1 aliphatic carbocycles. The van der Waals surface area contributed by atoms with E-state index in [4.69, 9.17) is 0 Å². The second-order valence-corrected chi connectivity index (χ2v) is 4.82. The number of nitrogens with zero attached hydrogens (tertiary/aromatic N) is 1. The Morgan fingerprint density at radius 2 is 1.94 bits per heavy atom. The van der Waals surface area contributed by atoms with Gasteiger partial charge in [-0.2, -0.15) is 0 Å². The van der Waals surface area contributed by atoms with E-state index in [9.17, 15) is 4.79 Å². The number of amides is 1. The van der Waals surface area contributed by atoms with Gasteiger partial charge in [-0.25, -0.2) is 0 Å². The smallest absolute Gasteiger partial charge is 0.253 e. The van der Waals surface area contributed by atoms with Gasteiger partial charge in [-0.3, -0.25) is 4.79 Å². The fourth-order valence-corrected chi connectivity index (χ4v) is 2.06. The van der Waals surface area contributed by atoms with Gasteiger partial charge in [0.15, 0.2) is 0 Å². The zero-order valence-electron chi connectivity index (χ0n) is 10.7. The summed E-state index contributed by atoms with van der Waals surface area (Å²) in [6.07, 6.45) is 2.52. The summed E-state index contributed by atoms with van der Waals surface area (Å²) in [5.41, 5.74) is 1.79. The number of carbonyl (C=O) groups excluding carboxylic acids is 1. The molecular formula is C14H20N2O. The summed E-state index contributed by atoms with van der Waals surface area (Å²) < 4.78 is 0. The first-order valence-corrected chi connectivity index (χ1v) is 6.18. The number of rotatable bonds is 4.